The molecule has 0 amide bonds. The molecule has 2 aliphatic rings. The van der Waals surface area contributed by atoms with Crippen LogP contribution in [0.25, 0.3) is 10.2 Å². The predicted molar refractivity (Wildman–Crippen MR) is 83.8 cm³/mol. The number of thioether (sulfide) groups is 1. The Balaban J connectivity index is 1.59. The molecule has 0 saturated carbocycles. The van der Waals surface area contributed by atoms with E-state index in [2.05, 4.69) is 9.97 Å². The van der Waals surface area contributed by atoms with Gasteiger partial charge in [0.15, 0.2) is 0 Å². The number of fused-ring (bicyclic) bond motifs is 3. The average molecular weight is 306 g/mol. The smallest absolute Gasteiger partial charge is 0.128 e. The zero-order valence-corrected chi connectivity index (χ0v) is 13.1. The highest BCUT2D eigenvalue weighted by atomic mass is 32.2. The molecule has 1 aliphatic heterocycles. The summed E-state index contributed by atoms with van der Waals surface area (Å²) in [4.78, 5) is 11.7. The lowest BCUT2D eigenvalue weighted by Crippen LogP contribution is -2.21. The molecule has 1 aliphatic carbocycles. The van der Waals surface area contributed by atoms with E-state index in [9.17, 15) is 0 Å². The monoisotopic (exact) mass is 306 g/mol. The Labute approximate surface area is 127 Å². The van der Waals surface area contributed by atoms with Gasteiger partial charge in [0.1, 0.15) is 16.2 Å². The number of thiophene rings is 1. The van der Waals surface area contributed by atoms with Gasteiger partial charge in [-0.15, -0.1) is 23.1 Å². The van der Waals surface area contributed by atoms with E-state index >= 15 is 0 Å². The summed E-state index contributed by atoms with van der Waals surface area (Å²) in [6.07, 6.45) is 9.57. The lowest BCUT2D eigenvalue weighted by molar-refractivity contribution is 0.0315. The van der Waals surface area contributed by atoms with E-state index in [0.717, 1.165) is 12.4 Å². The van der Waals surface area contributed by atoms with Gasteiger partial charge in [0.2, 0.25) is 0 Å². The van der Waals surface area contributed by atoms with E-state index in [4.69, 9.17) is 4.74 Å². The van der Waals surface area contributed by atoms with Crippen molar-refractivity contribution in [1.82, 2.24) is 9.97 Å². The normalized spacial score (nSPS) is 22.3. The van der Waals surface area contributed by atoms with Gasteiger partial charge in [-0.3, -0.25) is 0 Å². The van der Waals surface area contributed by atoms with Crippen molar-refractivity contribution >= 4 is 33.3 Å². The fourth-order valence-electron chi connectivity index (χ4n) is 3.12. The number of hydrogen-bond donors (Lipinski definition) is 0. The largest absolute Gasteiger partial charge is 0.377 e. The predicted octanol–water partition coefficient (Wildman–Crippen LogP) is 3.84. The summed E-state index contributed by atoms with van der Waals surface area (Å²) in [5.74, 6) is 1.02. The number of ether oxygens (including phenoxy) is 1. The highest BCUT2D eigenvalue weighted by Crippen LogP contribution is 2.40. The van der Waals surface area contributed by atoms with Gasteiger partial charge in [0.25, 0.3) is 0 Å². The first-order valence-electron chi connectivity index (χ1n) is 7.41. The molecule has 0 spiro atoms. The maximum absolute atomic E-state index is 5.82. The van der Waals surface area contributed by atoms with Crippen LogP contribution in [-0.2, 0) is 17.6 Å². The molecule has 0 aromatic carbocycles. The van der Waals surface area contributed by atoms with Crippen molar-refractivity contribution in [1.29, 1.82) is 0 Å². The topological polar surface area (TPSA) is 35.0 Å². The molecule has 0 radical (unpaired) electrons. The van der Waals surface area contributed by atoms with E-state index < -0.39 is 0 Å². The molecule has 2 aromatic heterocycles. The minimum absolute atomic E-state index is 0.408. The van der Waals surface area contributed by atoms with Crippen LogP contribution in [0.1, 0.15) is 36.1 Å². The van der Waals surface area contributed by atoms with E-state index in [-0.39, 0.29) is 0 Å². The highest BCUT2D eigenvalue weighted by molar-refractivity contribution is 7.99. The number of hydrogen-bond acceptors (Lipinski definition) is 5. The fraction of sp³-hybridized carbons (Fsp3) is 0.600. The van der Waals surface area contributed by atoms with Crippen molar-refractivity contribution in [2.75, 3.05) is 12.4 Å². The minimum Gasteiger partial charge on any atom is -0.377 e. The summed E-state index contributed by atoms with van der Waals surface area (Å²) >= 11 is 3.72. The van der Waals surface area contributed by atoms with Crippen LogP contribution < -0.4 is 0 Å². The second-order valence-corrected chi connectivity index (χ2v) is 7.61. The lowest BCUT2D eigenvalue weighted by Gasteiger charge is -2.21. The van der Waals surface area contributed by atoms with Crippen LogP contribution in [-0.4, -0.2) is 28.4 Å². The average Bonchev–Trinajstić information content (AvgIpc) is 3.06. The Morgan fingerprint density at radius 2 is 2.25 bits per heavy atom. The van der Waals surface area contributed by atoms with E-state index in [0.29, 0.717) is 6.10 Å². The SMILES string of the molecule is c1nc(SC[C@@H]2CCCCO2)c2c3c(sc2n1)CCC3. The number of rotatable bonds is 3. The first-order valence-corrected chi connectivity index (χ1v) is 9.21. The summed E-state index contributed by atoms with van der Waals surface area (Å²) in [5, 5.41) is 2.51. The van der Waals surface area contributed by atoms with Gasteiger partial charge in [0, 0.05) is 22.6 Å². The Kier molecular flexibility index (Phi) is 3.67. The molecule has 1 saturated heterocycles. The van der Waals surface area contributed by atoms with Gasteiger partial charge in [-0.1, -0.05) is 0 Å². The van der Waals surface area contributed by atoms with Crippen LogP contribution in [0.3, 0.4) is 0 Å². The molecule has 1 atom stereocenters. The molecule has 2 aromatic rings. The second kappa shape index (κ2) is 5.62. The van der Waals surface area contributed by atoms with Crippen molar-refractivity contribution in [2.24, 2.45) is 0 Å². The van der Waals surface area contributed by atoms with Crippen LogP contribution >= 0.6 is 23.1 Å². The first kappa shape index (κ1) is 13.0. The van der Waals surface area contributed by atoms with Gasteiger partial charge in [0.05, 0.1) is 6.10 Å². The van der Waals surface area contributed by atoms with Gasteiger partial charge < -0.3 is 4.74 Å². The molecular weight excluding hydrogens is 288 g/mol. The second-order valence-electron chi connectivity index (χ2n) is 5.52. The third kappa shape index (κ3) is 2.36. The third-order valence-electron chi connectivity index (χ3n) is 4.15. The van der Waals surface area contributed by atoms with Gasteiger partial charge in [-0.25, -0.2) is 9.97 Å². The maximum atomic E-state index is 5.82. The van der Waals surface area contributed by atoms with E-state index in [1.54, 1.807) is 6.33 Å². The van der Waals surface area contributed by atoms with Crippen molar-refractivity contribution in [2.45, 2.75) is 49.7 Å². The quantitative estimate of drug-likeness (QED) is 0.637. The molecule has 4 rings (SSSR count). The zero-order valence-electron chi connectivity index (χ0n) is 11.4. The summed E-state index contributed by atoms with van der Waals surface area (Å²) in [7, 11) is 0. The molecule has 1 fully saturated rings. The van der Waals surface area contributed by atoms with Crippen LogP contribution in [0.2, 0.25) is 0 Å². The van der Waals surface area contributed by atoms with Gasteiger partial charge in [-0.2, -0.15) is 0 Å². The van der Waals surface area contributed by atoms with Crippen molar-refractivity contribution in [3.63, 3.8) is 0 Å². The van der Waals surface area contributed by atoms with Crippen molar-refractivity contribution in [3.05, 3.63) is 16.8 Å². The third-order valence-corrected chi connectivity index (χ3v) is 6.47. The highest BCUT2D eigenvalue weighted by Gasteiger charge is 2.22. The molecule has 0 N–H and O–H groups in total. The summed E-state index contributed by atoms with van der Waals surface area (Å²) in [6, 6.07) is 0. The Bertz CT molecular complexity index is 620. The molecular formula is C15H18N2OS2. The number of aromatic nitrogens is 2. The number of aryl methyl sites for hydroxylation is 2. The van der Waals surface area contributed by atoms with Crippen LogP contribution in [0.4, 0.5) is 0 Å². The minimum atomic E-state index is 0.408. The standard InChI is InChI=1S/C15H18N2OS2/c1-2-7-18-10(4-1)8-19-14-13-11-5-3-6-12(11)20-15(13)17-9-16-14/h9-10H,1-8H2/t10-/m0/s1. The molecule has 20 heavy (non-hydrogen) atoms. The first-order chi connectivity index (χ1) is 9.92. The molecule has 3 heterocycles. The van der Waals surface area contributed by atoms with E-state index in [1.165, 1.54) is 64.2 Å². The fourth-order valence-corrected chi connectivity index (χ4v) is 5.51. The van der Waals surface area contributed by atoms with Gasteiger partial charge >= 0.3 is 0 Å². The van der Waals surface area contributed by atoms with Crippen molar-refractivity contribution in [3.8, 4) is 0 Å². The molecule has 0 unspecified atom stereocenters. The summed E-state index contributed by atoms with van der Waals surface area (Å²) in [5.41, 5.74) is 1.53. The molecule has 106 valence electrons. The molecule has 3 nitrogen and oxygen atoms in total. The Morgan fingerprint density at radius 1 is 1.25 bits per heavy atom. The maximum Gasteiger partial charge on any atom is 0.128 e. The van der Waals surface area contributed by atoms with Crippen LogP contribution in [0.5, 0.6) is 0 Å². The molecule has 5 heteroatoms. The molecule has 0 bridgehead atoms. The van der Waals surface area contributed by atoms with Crippen LogP contribution in [0.15, 0.2) is 11.4 Å². The van der Waals surface area contributed by atoms with Crippen LogP contribution in [0, 0.1) is 0 Å². The van der Waals surface area contributed by atoms with Crippen molar-refractivity contribution < 1.29 is 4.74 Å². The Hall–Kier alpha value is -0.650. The van der Waals surface area contributed by atoms with Gasteiger partial charge in [-0.05, 0) is 44.1 Å². The lowest BCUT2D eigenvalue weighted by atomic mass is 10.1. The Morgan fingerprint density at radius 3 is 3.15 bits per heavy atom. The number of nitrogens with zero attached hydrogens (tertiary/aromatic N) is 2. The summed E-state index contributed by atoms with van der Waals surface area (Å²) in [6.45, 7) is 0.929. The van der Waals surface area contributed by atoms with E-state index in [1.807, 2.05) is 23.1 Å². The zero-order chi connectivity index (χ0) is 13.4. The summed E-state index contributed by atoms with van der Waals surface area (Å²) < 4.78 is 5.82.